The first-order chi connectivity index (χ1) is 8.15. The van der Waals surface area contributed by atoms with Gasteiger partial charge >= 0.3 is 0 Å². The molecule has 1 atom stereocenters. The summed E-state index contributed by atoms with van der Waals surface area (Å²) in [4.78, 5) is 4.24. The van der Waals surface area contributed by atoms with E-state index in [0.29, 0.717) is 18.3 Å². The Labute approximate surface area is 101 Å². The molecule has 2 heterocycles. The maximum Gasteiger partial charge on any atom is 0.203 e. The van der Waals surface area contributed by atoms with Crippen molar-refractivity contribution < 1.29 is 8.42 Å². The molecule has 1 N–H and O–H groups in total. The van der Waals surface area contributed by atoms with Gasteiger partial charge in [0.2, 0.25) is 5.95 Å². The van der Waals surface area contributed by atoms with Crippen LogP contribution in [0.3, 0.4) is 0 Å². The number of rotatable bonds is 4. The van der Waals surface area contributed by atoms with Gasteiger partial charge in [-0.05, 0) is 25.7 Å². The second kappa shape index (κ2) is 4.01. The predicted molar refractivity (Wildman–Crippen MR) is 65.7 cm³/mol. The number of anilines is 1. The minimum absolute atomic E-state index is 0.226. The van der Waals surface area contributed by atoms with E-state index >= 15 is 0 Å². The highest BCUT2D eigenvalue weighted by Gasteiger charge is 2.32. The van der Waals surface area contributed by atoms with Gasteiger partial charge in [0, 0.05) is 25.0 Å². The van der Waals surface area contributed by atoms with Crippen LogP contribution < -0.4 is 5.32 Å². The predicted octanol–water partition coefficient (Wildman–Crippen LogP) is 1.03. The second-order valence-electron chi connectivity index (χ2n) is 4.95. The summed E-state index contributed by atoms with van der Waals surface area (Å²) in [5.41, 5.74) is 0. The average molecular weight is 255 g/mol. The zero-order chi connectivity index (χ0) is 11.9. The molecule has 0 radical (unpaired) electrons. The van der Waals surface area contributed by atoms with Crippen molar-refractivity contribution in [3.8, 4) is 0 Å². The van der Waals surface area contributed by atoms with E-state index in [-0.39, 0.29) is 5.25 Å². The molecular weight excluding hydrogens is 238 g/mol. The average Bonchev–Trinajstić information content (AvgIpc) is 2.88. The van der Waals surface area contributed by atoms with E-state index in [9.17, 15) is 8.42 Å². The summed E-state index contributed by atoms with van der Waals surface area (Å²) in [5, 5.41) is 3.10. The summed E-state index contributed by atoms with van der Waals surface area (Å²) in [6, 6.07) is 0.538. The van der Waals surface area contributed by atoms with E-state index in [2.05, 4.69) is 10.3 Å². The molecule has 17 heavy (non-hydrogen) atoms. The van der Waals surface area contributed by atoms with Crippen molar-refractivity contribution in [1.82, 2.24) is 9.55 Å². The molecule has 1 aliphatic carbocycles. The van der Waals surface area contributed by atoms with E-state index in [1.165, 1.54) is 12.8 Å². The summed E-state index contributed by atoms with van der Waals surface area (Å²) in [5.74, 6) is 1.16. The Morgan fingerprint density at radius 1 is 1.41 bits per heavy atom. The molecular formula is C11H17N3O2S. The van der Waals surface area contributed by atoms with Crippen molar-refractivity contribution in [1.29, 1.82) is 0 Å². The molecule has 0 bridgehead atoms. The largest absolute Gasteiger partial charge is 0.353 e. The van der Waals surface area contributed by atoms with Crippen LogP contribution in [0.1, 0.15) is 25.7 Å². The van der Waals surface area contributed by atoms with Crippen molar-refractivity contribution in [2.75, 3.05) is 11.1 Å². The lowest BCUT2D eigenvalue weighted by molar-refractivity contribution is 0.567. The fourth-order valence-electron chi connectivity index (χ4n) is 2.29. The molecule has 94 valence electrons. The van der Waals surface area contributed by atoms with Crippen LogP contribution >= 0.6 is 0 Å². The molecule has 0 spiro atoms. The fraction of sp³-hybridized carbons (Fsp3) is 0.727. The molecule has 5 nitrogen and oxygen atoms in total. The number of sulfone groups is 1. The maximum atomic E-state index is 11.8. The minimum Gasteiger partial charge on any atom is -0.353 e. The zero-order valence-corrected chi connectivity index (χ0v) is 10.5. The van der Waals surface area contributed by atoms with E-state index in [4.69, 9.17) is 0 Å². The van der Waals surface area contributed by atoms with Gasteiger partial charge in [0.05, 0.1) is 11.0 Å². The minimum atomic E-state index is -2.87. The third kappa shape index (κ3) is 2.31. The van der Waals surface area contributed by atoms with E-state index in [0.717, 1.165) is 18.8 Å². The Kier molecular flexibility index (Phi) is 2.61. The Hall–Kier alpha value is -1.04. The van der Waals surface area contributed by atoms with Crippen LogP contribution in [-0.4, -0.2) is 35.0 Å². The van der Waals surface area contributed by atoms with Gasteiger partial charge in [-0.1, -0.05) is 0 Å². The van der Waals surface area contributed by atoms with Crippen LogP contribution in [0.25, 0.3) is 0 Å². The van der Waals surface area contributed by atoms with Crippen LogP contribution in [0.2, 0.25) is 0 Å². The number of hydrogen-bond acceptors (Lipinski definition) is 4. The summed E-state index contributed by atoms with van der Waals surface area (Å²) >= 11 is 0. The fourth-order valence-corrected chi connectivity index (χ4v) is 4.11. The molecule has 1 aliphatic heterocycles. The van der Waals surface area contributed by atoms with Crippen LogP contribution in [0.5, 0.6) is 0 Å². The van der Waals surface area contributed by atoms with Crippen molar-refractivity contribution >= 4 is 15.8 Å². The van der Waals surface area contributed by atoms with E-state index < -0.39 is 9.84 Å². The monoisotopic (exact) mass is 255 g/mol. The number of nitrogens with zero attached hydrogens (tertiary/aromatic N) is 2. The molecule has 0 amide bonds. The van der Waals surface area contributed by atoms with Gasteiger partial charge in [0.1, 0.15) is 0 Å². The van der Waals surface area contributed by atoms with Crippen LogP contribution in [0, 0.1) is 0 Å². The number of aromatic nitrogens is 2. The highest BCUT2D eigenvalue weighted by Crippen LogP contribution is 2.26. The maximum absolute atomic E-state index is 11.8. The molecule has 2 fully saturated rings. The first kappa shape index (κ1) is 11.1. The summed E-state index contributed by atoms with van der Waals surface area (Å²) < 4.78 is 25.5. The van der Waals surface area contributed by atoms with E-state index in [1.54, 1.807) is 6.20 Å². The summed E-state index contributed by atoms with van der Waals surface area (Å²) in [6.45, 7) is 0.539. The first-order valence-corrected chi connectivity index (χ1v) is 7.86. The zero-order valence-electron chi connectivity index (χ0n) is 9.67. The molecule has 1 saturated carbocycles. The van der Waals surface area contributed by atoms with Gasteiger partial charge in [-0.2, -0.15) is 0 Å². The van der Waals surface area contributed by atoms with Crippen LogP contribution in [0.4, 0.5) is 5.95 Å². The first-order valence-electron chi connectivity index (χ1n) is 6.14. The summed E-state index contributed by atoms with van der Waals surface area (Å²) in [7, 11) is -2.87. The smallest absolute Gasteiger partial charge is 0.203 e. The van der Waals surface area contributed by atoms with Crippen LogP contribution in [0.15, 0.2) is 12.4 Å². The van der Waals surface area contributed by atoms with Gasteiger partial charge in [-0.25, -0.2) is 13.4 Å². The third-order valence-electron chi connectivity index (χ3n) is 3.49. The van der Waals surface area contributed by atoms with Crippen LogP contribution in [-0.2, 0) is 16.4 Å². The highest BCUT2D eigenvalue weighted by molar-refractivity contribution is 7.92. The van der Waals surface area contributed by atoms with Crippen molar-refractivity contribution in [2.45, 2.75) is 43.5 Å². The molecule has 1 aromatic heterocycles. The Balaban J connectivity index is 1.73. The van der Waals surface area contributed by atoms with Crippen molar-refractivity contribution in [3.63, 3.8) is 0 Å². The van der Waals surface area contributed by atoms with Crippen molar-refractivity contribution in [2.24, 2.45) is 0 Å². The molecule has 0 aromatic carbocycles. The normalized spacial score (nSPS) is 27.2. The van der Waals surface area contributed by atoms with Gasteiger partial charge in [0.15, 0.2) is 9.84 Å². The lowest BCUT2D eigenvalue weighted by Crippen LogP contribution is -2.23. The molecule has 1 saturated heterocycles. The quantitative estimate of drug-likeness (QED) is 0.873. The van der Waals surface area contributed by atoms with Gasteiger partial charge in [-0.15, -0.1) is 0 Å². The molecule has 6 heteroatoms. The van der Waals surface area contributed by atoms with Gasteiger partial charge < -0.3 is 9.88 Å². The molecule has 1 unspecified atom stereocenters. The Bertz CT molecular complexity index is 505. The summed E-state index contributed by atoms with van der Waals surface area (Å²) in [6.07, 6.45) is 7.55. The van der Waals surface area contributed by atoms with Gasteiger partial charge in [0.25, 0.3) is 0 Å². The number of hydrogen-bond donors (Lipinski definition) is 1. The van der Waals surface area contributed by atoms with Gasteiger partial charge in [-0.3, -0.25) is 0 Å². The lowest BCUT2D eigenvalue weighted by Gasteiger charge is -2.13. The van der Waals surface area contributed by atoms with E-state index in [1.807, 2.05) is 10.8 Å². The second-order valence-corrected chi connectivity index (χ2v) is 7.35. The van der Waals surface area contributed by atoms with Crippen molar-refractivity contribution in [3.05, 3.63) is 12.4 Å². The lowest BCUT2D eigenvalue weighted by atomic mass is 10.2. The standard InChI is InChI=1S/C11H17N3O2S/c15-17(16)7-1-2-10(17)8-14-6-5-12-11(14)13-9-3-4-9/h5-6,9-10H,1-4,7-8H2,(H,12,13). The number of imidazole rings is 1. The highest BCUT2D eigenvalue weighted by atomic mass is 32.2. The SMILES string of the molecule is O=S1(=O)CCCC1Cn1ccnc1NC1CC1. The molecule has 3 rings (SSSR count). The molecule has 1 aromatic rings. The Morgan fingerprint density at radius 3 is 2.88 bits per heavy atom. The molecule has 2 aliphatic rings. The Morgan fingerprint density at radius 2 is 2.24 bits per heavy atom. The number of nitrogens with one attached hydrogen (secondary N) is 1. The topological polar surface area (TPSA) is 64.0 Å². The third-order valence-corrected chi connectivity index (χ3v) is 5.75.